The van der Waals surface area contributed by atoms with Gasteiger partial charge in [-0.2, -0.15) is 0 Å². The first kappa shape index (κ1) is 18.3. The second-order valence-corrected chi connectivity index (χ2v) is 6.72. The highest BCUT2D eigenvalue weighted by atomic mass is 32.1. The van der Waals surface area contributed by atoms with Gasteiger partial charge in [-0.3, -0.25) is 4.79 Å². The summed E-state index contributed by atoms with van der Waals surface area (Å²) in [7, 11) is 0. The summed E-state index contributed by atoms with van der Waals surface area (Å²) >= 11 is 1.29. The molecule has 0 saturated carbocycles. The van der Waals surface area contributed by atoms with Crippen LogP contribution in [0.5, 0.6) is 0 Å². The molecule has 1 aliphatic rings. The first-order chi connectivity index (χ1) is 12.7. The number of benzene rings is 1. The number of Topliss-reactive ketones (excluding diaryl/α,β-unsaturated/α-hetero) is 1. The van der Waals surface area contributed by atoms with Gasteiger partial charge < -0.3 is 9.64 Å². The molecule has 7 heteroatoms. The molecule has 2 heterocycles. The quantitative estimate of drug-likeness (QED) is 0.255. The minimum Gasteiger partial charge on any atom is -0.462 e. The predicted molar refractivity (Wildman–Crippen MR) is 101 cm³/mol. The van der Waals surface area contributed by atoms with Crippen molar-refractivity contribution in [1.82, 2.24) is 9.59 Å². The zero-order chi connectivity index (χ0) is 18.4. The maximum Gasteiger partial charge on any atom is 0.342 e. The topological polar surface area (TPSA) is 72.4 Å². The molecule has 0 amide bonds. The smallest absolute Gasteiger partial charge is 0.342 e. The molecule has 0 spiro atoms. The number of carbonyl (C=O) groups is 2. The normalized spacial score (nSPS) is 15.0. The van der Waals surface area contributed by atoms with Gasteiger partial charge in [0.1, 0.15) is 16.3 Å². The van der Waals surface area contributed by atoms with Crippen LogP contribution in [-0.2, 0) is 9.53 Å². The second-order valence-electron chi connectivity index (χ2n) is 5.98. The van der Waals surface area contributed by atoms with Crippen LogP contribution in [0.1, 0.15) is 42.2 Å². The van der Waals surface area contributed by atoms with Crippen LogP contribution in [0.15, 0.2) is 35.9 Å². The highest BCUT2D eigenvalue weighted by molar-refractivity contribution is 7.10. The van der Waals surface area contributed by atoms with Crippen molar-refractivity contribution in [2.24, 2.45) is 0 Å². The van der Waals surface area contributed by atoms with Gasteiger partial charge in [-0.25, -0.2) is 4.79 Å². The lowest BCUT2D eigenvalue weighted by atomic mass is 10.0. The number of rotatable bonds is 6. The molecule has 1 aliphatic heterocycles. The molecule has 1 aromatic carbocycles. The van der Waals surface area contributed by atoms with E-state index in [9.17, 15) is 9.59 Å². The van der Waals surface area contributed by atoms with Gasteiger partial charge in [0.15, 0.2) is 5.78 Å². The predicted octanol–water partition coefficient (Wildman–Crippen LogP) is 3.36. The lowest BCUT2D eigenvalue weighted by Crippen LogP contribution is -2.29. The van der Waals surface area contributed by atoms with E-state index in [4.69, 9.17) is 4.74 Å². The molecule has 0 unspecified atom stereocenters. The van der Waals surface area contributed by atoms with Crippen LogP contribution in [-0.4, -0.2) is 41.0 Å². The standard InChI is InChI=1S/C19H21N3O3S/c1-2-25-19(24)15(17(23)14-9-5-3-6-10-14)13-16-18(26-21-20-16)22-11-7-4-8-12-22/h3,5-6,9-10,13H,2,4,7-8,11-12H2,1H3/b15-13+. The van der Waals surface area contributed by atoms with E-state index in [0.29, 0.717) is 11.3 Å². The Morgan fingerprint density at radius 1 is 1.19 bits per heavy atom. The molecule has 6 nitrogen and oxygen atoms in total. The van der Waals surface area contributed by atoms with E-state index >= 15 is 0 Å². The average Bonchev–Trinajstić information content (AvgIpc) is 3.15. The zero-order valence-corrected chi connectivity index (χ0v) is 15.5. The molecular formula is C19H21N3O3S. The third-order valence-corrected chi connectivity index (χ3v) is 5.00. The van der Waals surface area contributed by atoms with Gasteiger partial charge in [0.05, 0.1) is 6.61 Å². The molecule has 0 aliphatic carbocycles. The third-order valence-electron chi connectivity index (χ3n) is 4.20. The van der Waals surface area contributed by atoms with E-state index in [1.165, 1.54) is 24.0 Å². The summed E-state index contributed by atoms with van der Waals surface area (Å²) in [5.74, 6) is -1.01. The molecule has 0 N–H and O–H groups in total. The minimum atomic E-state index is -0.640. The summed E-state index contributed by atoms with van der Waals surface area (Å²) in [6.07, 6.45) is 4.97. The van der Waals surface area contributed by atoms with Crippen LogP contribution >= 0.6 is 11.5 Å². The molecule has 1 saturated heterocycles. The molecular weight excluding hydrogens is 350 g/mol. The van der Waals surface area contributed by atoms with Gasteiger partial charge in [0, 0.05) is 30.2 Å². The Morgan fingerprint density at radius 2 is 1.92 bits per heavy atom. The molecule has 1 fully saturated rings. The van der Waals surface area contributed by atoms with Gasteiger partial charge >= 0.3 is 5.97 Å². The molecule has 1 aromatic heterocycles. The average molecular weight is 371 g/mol. The number of hydrogen-bond acceptors (Lipinski definition) is 7. The van der Waals surface area contributed by atoms with Crippen molar-refractivity contribution < 1.29 is 14.3 Å². The zero-order valence-electron chi connectivity index (χ0n) is 14.7. The van der Waals surface area contributed by atoms with Gasteiger partial charge in [-0.15, -0.1) is 5.10 Å². The highest BCUT2D eigenvalue weighted by Crippen LogP contribution is 2.28. The largest absolute Gasteiger partial charge is 0.462 e. The first-order valence-electron chi connectivity index (χ1n) is 8.76. The van der Waals surface area contributed by atoms with E-state index in [1.807, 2.05) is 6.07 Å². The van der Waals surface area contributed by atoms with E-state index in [0.717, 1.165) is 30.9 Å². The van der Waals surface area contributed by atoms with Crippen LogP contribution < -0.4 is 4.90 Å². The number of ketones is 1. The summed E-state index contributed by atoms with van der Waals surface area (Å²) in [5.41, 5.74) is 0.961. The van der Waals surface area contributed by atoms with Crippen LogP contribution in [0.25, 0.3) is 6.08 Å². The van der Waals surface area contributed by atoms with Crippen molar-refractivity contribution in [2.75, 3.05) is 24.6 Å². The summed E-state index contributed by atoms with van der Waals surface area (Å²) in [5, 5.41) is 5.04. The monoisotopic (exact) mass is 371 g/mol. The van der Waals surface area contributed by atoms with Crippen LogP contribution in [0.3, 0.4) is 0 Å². The summed E-state index contributed by atoms with van der Waals surface area (Å²) in [6, 6.07) is 8.71. The lowest BCUT2D eigenvalue weighted by Gasteiger charge is -2.27. The summed E-state index contributed by atoms with van der Waals surface area (Å²) in [6.45, 7) is 3.79. The van der Waals surface area contributed by atoms with Gasteiger partial charge in [-0.1, -0.05) is 34.8 Å². The Kier molecular flexibility index (Phi) is 6.12. The van der Waals surface area contributed by atoms with E-state index < -0.39 is 5.97 Å². The van der Waals surface area contributed by atoms with Crippen molar-refractivity contribution in [3.63, 3.8) is 0 Å². The fourth-order valence-electron chi connectivity index (χ4n) is 2.91. The summed E-state index contributed by atoms with van der Waals surface area (Å²) in [4.78, 5) is 27.5. The third kappa shape index (κ3) is 4.16. The fourth-order valence-corrected chi connectivity index (χ4v) is 3.61. The van der Waals surface area contributed by atoms with E-state index in [-0.39, 0.29) is 18.0 Å². The fraction of sp³-hybridized carbons (Fsp3) is 0.368. The van der Waals surface area contributed by atoms with Crippen molar-refractivity contribution >= 4 is 34.4 Å². The number of piperidine rings is 1. The Morgan fingerprint density at radius 3 is 2.62 bits per heavy atom. The number of nitrogens with zero attached hydrogens (tertiary/aromatic N) is 3. The number of aromatic nitrogens is 2. The Bertz CT molecular complexity index is 795. The number of anilines is 1. The van der Waals surface area contributed by atoms with Crippen LogP contribution in [0.4, 0.5) is 5.00 Å². The molecule has 136 valence electrons. The van der Waals surface area contributed by atoms with Crippen molar-refractivity contribution in [3.8, 4) is 0 Å². The summed E-state index contributed by atoms with van der Waals surface area (Å²) < 4.78 is 9.12. The van der Waals surface area contributed by atoms with Crippen molar-refractivity contribution in [1.29, 1.82) is 0 Å². The van der Waals surface area contributed by atoms with E-state index in [1.54, 1.807) is 31.2 Å². The number of hydrogen-bond donors (Lipinski definition) is 0. The molecule has 3 rings (SSSR count). The molecule has 0 bridgehead atoms. The van der Waals surface area contributed by atoms with Crippen LogP contribution in [0.2, 0.25) is 0 Å². The number of ether oxygens (including phenoxy) is 1. The molecule has 2 aromatic rings. The first-order valence-corrected chi connectivity index (χ1v) is 9.54. The van der Waals surface area contributed by atoms with Crippen molar-refractivity contribution in [2.45, 2.75) is 26.2 Å². The Labute approximate surface area is 156 Å². The van der Waals surface area contributed by atoms with Crippen molar-refractivity contribution in [3.05, 3.63) is 47.2 Å². The molecule has 0 radical (unpaired) electrons. The number of esters is 1. The van der Waals surface area contributed by atoms with E-state index in [2.05, 4.69) is 14.5 Å². The SMILES string of the molecule is CCOC(=O)/C(=C/c1nnsc1N1CCCCC1)C(=O)c1ccccc1. The van der Waals surface area contributed by atoms with Gasteiger partial charge in [-0.05, 0) is 32.3 Å². The maximum absolute atomic E-state index is 12.8. The highest BCUT2D eigenvalue weighted by Gasteiger charge is 2.24. The Hall–Kier alpha value is -2.54. The maximum atomic E-state index is 12.8. The van der Waals surface area contributed by atoms with Gasteiger partial charge in [0.2, 0.25) is 0 Å². The number of carbonyl (C=O) groups excluding carboxylic acids is 2. The minimum absolute atomic E-state index is 0.0241. The van der Waals surface area contributed by atoms with Gasteiger partial charge in [0.25, 0.3) is 0 Å². The lowest BCUT2D eigenvalue weighted by molar-refractivity contribution is -0.137. The van der Waals surface area contributed by atoms with Crippen LogP contribution in [0, 0.1) is 0 Å². The second kappa shape index (κ2) is 8.71. The molecule has 26 heavy (non-hydrogen) atoms. The Balaban J connectivity index is 1.96. The molecule has 0 atom stereocenters.